The average molecular weight is 308 g/mol. The fourth-order valence-corrected chi connectivity index (χ4v) is 3.56. The first-order chi connectivity index (χ1) is 11.2. The van der Waals surface area contributed by atoms with Gasteiger partial charge in [0.25, 0.3) is 5.91 Å². The minimum absolute atomic E-state index is 0.136. The average Bonchev–Trinajstić information content (AvgIpc) is 3.29. The fraction of sp³-hybridized carbons (Fsp3) is 0.333. The zero-order valence-electron chi connectivity index (χ0n) is 13.2. The van der Waals surface area contributed by atoms with Gasteiger partial charge >= 0.3 is 0 Å². The Morgan fingerprint density at radius 3 is 3.00 bits per heavy atom. The molecule has 1 aliphatic rings. The molecule has 1 aromatic carbocycles. The lowest BCUT2D eigenvalue weighted by molar-refractivity contribution is 0.0723. The molecule has 2 aromatic heterocycles. The molecule has 0 bridgehead atoms. The van der Waals surface area contributed by atoms with Crippen LogP contribution >= 0.6 is 0 Å². The van der Waals surface area contributed by atoms with E-state index in [2.05, 4.69) is 15.7 Å². The van der Waals surface area contributed by atoms with Crippen molar-refractivity contribution in [2.24, 2.45) is 7.05 Å². The Hall–Kier alpha value is -2.56. The molecule has 0 saturated carbocycles. The molecule has 1 fully saturated rings. The molecule has 118 valence electrons. The van der Waals surface area contributed by atoms with E-state index < -0.39 is 0 Å². The monoisotopic (exact) mass is 308 g/mol. The van der Waals surface area contributed by atoms with E-state index in [0.29, 0.717) is 0 Å². The first kappa shape index (κ1) is 14.1. The maximum Gasteiger partial charge on any atom is 0.254 e. The number of nitrogens with zero attached hydrogens (tertiary/aromatic N) is 4. The molecule has 4 rings (SSSR count). The number of aryl methyl sites for hydroxylation is 1. The Labute approximate surface area is 135 Å². The quantitative estimate of drug-likeness (QED) is 0.746. The van der Waals surface area contributed by atoms with Crippen LogP contribution in [0.3, 0.4) is 0 Å². The largest absolute Gasteiger partial charge is 0.351 e. The lowest BCUT2D eigenvalue weighted by Gasteiger charge is -2.25. The van der Waals surface area contributed by atoms with Crippen LogP contribution in [-0.2, 0) is 13.6 Å². The maximum absolute atomic E-state index is 13.1. The fourth-order valence-electron chi connectivity index (χ4n) is 3.56. The van der Waals surface area contributed by atoms with Crippen LogP contribution in [0.4, 0.5) is 0 Å². The van der Waals surface area contributed by atoms with E-state index in [1.807, 2.05) is 53.3 Å². The third-order valence-corrected chi connectivity index (χ3v) is 4.75. The van der Waals surface area contributed by atoms with Crippen molar-refractivity contribution in [3.8, 4) is 0 Å². The number of rotatable bonds is 3. The Balaban J connectivity index is 1.64. The number of carbonyl (C=O) groups excluding carboxylic acids is 1. The molecule has 0 N–H and O–H groups in total. The van der Waals surface area contributed by atoms with E-state index in [4.69, 9.17) is 0 Å². The zero-order valence-corrected chi connectivity index (χ0v) is 13.2. The molecule has 1 amide bonds. The smallest absolute Gasteiger partial charge is 0.254 e. The molecule has 23 heavy (non-hydrogen) atoms. The number of benzene rings is 1. The minimum atomic E-state index is 0.136. The summed E-state index contributed by atoms with van der Waals surface area (Å²) in [6, 6.07) is 10.1. The van der Waals surface area contributed by atoms with E-state index >= 15 is 0 Å². The van der Waals surface area contributed by atoms with Gasteiger partial charge in [0.15, 0.2) is 0 Å². The Bertz CT molecular complexity index is 834. The first-order valence-corrected chi connectivity index (χ1v) is 8.06. The highest BCUT2D eigenvalue weighted by Crippen LogP contribution is 2.25. The lowest BCUT2D eigenvalue weighted by atomic mass is 10.1. The molecule has 0 aliphatic carbocycles. The van der Waals surface area contributed by atoms with E-state index in [1.54, 1.807) is 6.20 Å². The van der Waals surface area contributed by atoms with Crippen LogP contribution < -0.4 is 0 Å². The molecule has 1 aliphatic heterocycles. The lowest BCUT2D eigenvalue weighted by Crippen LogP contribution is -2.38. The molecule has 0 radical (unpaired) electrons. The van der Waals surface area contributed by atoms with Crippen LogP contribution in [0.1, 0.15) is 23.2 Å². The molecular formula is C18H20N4O. The summed E-state index contributed by atoms with van der Waals surface area (Å²) in [5, 5.41) is 5.31. The molecule has 0 spiro atoms. The number of hydrogen-bond acceptors (Lipinski definition) is 2. The SMILES string of the molecule is Cn1ccc2c(C(=O)N3CCC[C@@H]3Cn3cccn3)cccc21. The Morgan fingerprint density at radius 2 is 2.17 bits per heavy atom. The molecule has 3 aromatic rings. The van der Waals surface area contributed by atoms with Gasteiger partial charge in [0.1, 0.15) is 0 Å². The normalized spacial score (nSPS) is 18.0. The summed E-state index contributed by atoms with van der Waals surface area (Å²) in [6.07, 6.45) is 7.84. The molecule has 1 saturated heterocycles. The van der Waals surface area contributed by atoms with Gasteiger partial charge in [-0.25, -0.2) is 0 Å². The van der Waals surface area contributed by atoms with Crippen molar-refractivity contribution in [1.29, 1.82) is 0 Å². The second-order valence-corrected chi connectivity index (χ2v) is 6.19. The van der Waals surface area contributed by atoms with Crippen LogP contribution in [0.2, 0.25) is 0 Å². The van der Waals surface area contributed by atoms with Crippen molar-refractivity contribution < 1.29 is 4.79 Å². The van der Waals surface area contributed by atoms with Crippen molar-refractivity contribution in [3.05, 3.63) is 54.5 Å². The molecule has 5 nitrogen and oxygen atoms in total. The Morgan fingerprint density at radius 1 is 1.26 bits per heavy atom. The zero-order chi connectivity index (χ0) is 15.8. The maximum atomic E-state index is 13.1. The van der Waals surface area contributed by atoms with Crippen molar-refractivity contribution in [2.45, 2.75) is 25.4 Å². The van der Waals surface area contributed by atoms with Crippen molar-refractivity contribution in [1.82, 2.24) is 19.2 Å². The van der Waals surface area contributed by atoms with E-state index in [0.717, 1.165) is 42.4 Å². The second-order valence-electron chi connectivity index (χ2n) is 6.19. The third kappa shape index (κ3) is 2.42. The number of aromatic nitrogens is 3. The van der Waals surface area contributed by atoms with E-state index in [9.17, 15) is 4.79 Å². The van der Waals surface area contributed by atoms with Crippen molar-refractivity contribution in [3.63, 3.8) is 0 Å². The summed E-state index contributed by atoms with van der Waals surface area (Å²) in [7, 11) is 2.01. The number of likely N-dealkylation sites (tertiary alicyclic amines) is 1. The van der Waals surface area contributed by atoms with Crippen LogP contribution in [0, 0.1) is 0 Å². The summed E-state index contributed by atoms with van der Waals surface area (Å²) in [4.78, 5) is 15.1. The highest BCUT2D eigenvalue weighted by atomic mass is 16.2. The molecule has 1 atom stereocenters. The topological polar surface area (TPSA) is 43.1 Å². The summed E-state index contributed by atoms with van der Waals surface area (Å²) in [6.45, 7) is 1.59. The van der Waals surface area contributed by atoms with Gasteiger partial charge in [0.05, 0.1) is 12.6 Å². The number of fused-ring (bicyclic) bond motifs is 1. The first-order valence-electron chi connectivity index (χ1n) is 8.06. The highest BCUT2D eigenvalue weighted by molar-refractivity contribution is 6.06. The Kier molecular flexibility index (Phi) is 3.41. The summed E-state index contributed by atoms with van der Waals surface area (Å²) in [5.74, 6) is 0.136. The van der Waals surface area contributed by atoms with Gasteiger partial charge in [-0.2, -0.15) is 5.10 Å². The van der Waals surface area contributed by atoms with Gasteiger partial charge in [0, 0.05) is 48.6 Å². The van der Waals surface area contributed by atoms with Crippen LogP contribution in [-0.4, -0.2) is 37.7 Å². The van der Waals surface area contributed by atoms with Gasteiger partial charge in [-0.05, 0) is 37.1 Å². The second kappa shape index (κ2) is 5.57. The van der Waals surface area contributed by atoms with Crippen molar-refractivity contribution in [2.75, 3.05) is 6.54 Å². The summed E-state index contributed by atoms with van der Waals surface area (Å²) >= 11 is 0. The summed E-state index contributed by atoms with van der Waals surface area (Å²) < 4.78 is 3.97. The highest BCUT2D eigenvalue weighted by Gasteiger charge is 2.30. The predicted octanol–water partition coefficient (Wildman–Crippen LogP) is 2.68. The van der Waals surface area contributed by atoms with E-state index in [-0.39, 0.29) is 11.9 Å². The van der Waals surface area contributed by atoms with Gasteiger partial charge in [0.2, 0.25) is 0 Å². The molecule has 0 unspecified atom stereocenters. The van der Waals surface area contributed by atoms with Crippen LogP contribution in [0.15, 0.2) is 48.9 Å². The standard InChI is InChI=1S/C18H20N4O/c1-20-12-8-15-16(6-2-7-17(15)20)18(23)22-11-3-5-14(22)13-21-10-4-9-19-21/h2,4,6-10,12,14H,3,5,11,13H2,1H3/t14-/m1/s1. The molecule has 5 heteroatoms. The van der Waals surface area contributed by atoms with Gasteiger partial charge in [-0.3, -0.25) is 9.48 Å². The van der Waals surface area contributed by atoms with Gasteiger partial charge < -0.3 is 9.47 Å². The third-order valence-electron chi connectivity index (χ3n) is 4.75. The van der Waals surface area contributed by atoms with Crippen molar-refractivity contribution >= 4 is 16.8 Å². The number of hydrogen-bond donors (Lipinski definition) is 0. The van der Waals surface area contributed by atoms with Crippen LogP contribution in [0.25, 0.3) is 10.9 Å². The van der Waals surface area contributed by atoms with Gasteiger partial charge in [-0.15, -0.1) is 0 Å². The summed E-state index contributed by atoms with van der Waals surface area (Å²) in [5.41, 5.74) is 1.90. The molecular weight excluding hydrogens is 288 g/mol. The predicted molar refractivity (Wildman–Crippen MR) is 89.2 cm³/mol. The minimum Gasteiger partial charge on any atom is -0.351 e. The number of carbonyl (C=O) groups is 1. The molecule has 3 heterocycles. The van der Waals surface area contributed by atoms with Crippen LogP contribution in [0.5, 0.6) is 0 Å². The number of amides is 1. The van der Waals surface area contributed by atoms with Gasteiger partial charge in [-0.1, -0.05) is 6.07 Å². The van der Waals surface area contributed by atoms with E-state index in [1.165, 1.54) is 0 Å².